The lowest BCUT2D eigenvalue weighted by molar-refractivity contribution is -0.137. The van der Waals surface area contributed by atoms with Crippen LogP contribution in [0.4, 0.5) is 18.9 Å². The van der Waals surface area contributed by atoms with Crippen LogP contribution in [0.1, 0.15) is 48.4 Å². The van der Waals surface area contributed by atoms with Crippen molar-refractivity contribution in [3.8, 4) is 5.75 Å². The van der Waals surface area contributed by atoms with Crippen molar-refractivity contribution in [2.75, 3.05) is 11.9 Å². The Morgan fingerprint density at radius 2 is 2.03 bits per heavy atom. The number of anilines is 1. The Morgan fingerprint density at radius 1 is 1.23 bits per heavy atom. The molecule has 0 bridgehead atoms. The number of hydrogen-bond acceptors (Lipinski definition) is 3. The number of carbonyl (C=O) groups is 1. The number of aryl methyl sites for hydroxylation is 1. The first kappa shape index (κ1) is 21.4. The number of halogens is 3. The van der Waals surface area contributed by atoms with Crippen LogP contribution in [0.3, 0.4) is 0 Å². The summed E-state index contributed by atoms with van der Waals surface area (Å²) in [5.41, 5.74) is 2.21. The summed E-state index contributed by atoms with van der Waals surface area (Å²) in [6, 6.07) is 9.03. The number of amides is 1. The summed E-state index contributed by atoms with van der Waals surface area (Å²) in [7, 11) is 0. The monoisotopic (exact) mass is 431 g/mol. The minimum atomic E-state index is -4.46. The molecule has 7 heteroatoms. The van der Waals surface area contributed by atoms with E-state index in [-0.39, 0.29) is 18.3 Å². The van der Waals surface area contributed by atoms with Crippen LogP contribution in [-0.4, -0.2) is 23.2 Å². The van der Waals surface area contributed by atoms with E-state index in [4.69, 9.17) is 4.74 Å². The SMILES string of the molecule is CC1(O)CCc2cccc(NC(=O)/C=C3\CCCOc4cc(C(F)(F)F)ccc43)c2C1. The normalized spacial score (nSPS) is 22.2. The Kier molecular flexibility index (Phi) is 5.56. The average Bonchev–Trinajstić information content (AvgIpc) is 2.89. The maximum Gasteiger partial charge on any atom is 0.416 e. The third kappa shape index (κ3) is 4.77. The molecule has 1 atom stereocenters. The van der Waals surface area contributed by atoms with E-state index in [0.717, 1.165) is 29.7 Å². The van der Waals surface area contributed by atoms with Gasteiger partial charge in [0.15, 0.2) is 0 Å². The number of aliphatic hydroxyl groups is 1. The largest absolute Gasteiger partial charge is 0.493 e. The van der Waals surface area contributed by atoms with Crippen LogP contribution in [0.2, 0.25) is 0 Å². The number of nitrogens with one attached hydrogen (secondary N) is 1. The Bertz CT molecular complexity index is 1040. The van der Waals surface area contributed by atoms with Crippen LogP contribution in [0.5, 0.6) is 5.75 Å². The molecule has 2 aliphatic rings. The fraction of sp³-hybridized carbons (Fsp3) is 0.375. The van der Waals surface area contributed by atoms with Crippen LogP contribution in [0.25, 0.3) is 5.57 Å². The predicted octanol–water partition coefficient (Wildman–Crippen LogP) is 5.14. The van der Waals surface area contributed by atoms with Gasteiger partial charge in [0.2, 0.25) is 5.91 Å². The number of hydrogen-bond donors (Lipinski definition) is 2. The van der Waals surface area contributed by atoms with Crippen molar-refractivity contribution >= 4 is 17.2 Å². The van der Waals surface area contributed by atoms with Crippen LogP contribution < -0.4 is 10.1 Å². The van der Waals surface area contributed by atoms with Gasteiger partial charge in [-0.25, -0.2) is 0 Å². The van der Waals surface area contributed by atoms with Crippen molar-refractivity contribution in [2.24, 2.45) is 0 Å². The Labute approximate surface area is 178 Å². The van der Waals surface area contributed by atoms with Crippen molar-refractivity contribution in [1.82, 2.24) is 0 Å². The Hall–Kier alpha value is -2.80. The van der Waals surface area contributed by atoms with Gasteiger partial charge < -0.3 is 15.2 Å². The van der Waals surface area contributed by atoms with E-state index in [9.17, 15) is 23.1 Å². The van der Waals surface area contributed by atoms with Gasteiger partial charge in [0.1, 0.15) is 5.75 Å². The molecule has 0 saturated heterocycles. The molecule has 1 heterocycles. The topological polar surface area (TPSA) is 58.6 Å². The molecule has 1 unspecified atom stereocenters. The Balaban J connectivity index is 1.61. The second-order valence-electron chi connectivity index (χ2n) is 8.44. The van der Waals surface area contributed by atoms with Gasteiger partial charge in [0, 0.05) is 23.7 Å². The summed E-state index contributed by atoms with van der Waals surface area (Å²) in [4.78, 5) is 12.8. The van der Waals surface area contributed by atoms with E-state index in [1.165, 1.54) is 12.1 Å². The van der Waals surface area contributed by atoms with Gasteiger partial charge in [-0.05, 0) is 67.5 Å². The van der Waals surface area contributed by atoms with Crippen molar-refractivity contribution in [2.45, 2.75) is 50.8 Å². The first-order valence-electron chi connectivity index (χ1n) is 10.3. The van der Waals surface area contributed by atoms with Gasteiger partial charge in [-0.1, -0.05) is 18.2 Å². The quantitative estimate of drug-likeness (QED) is 0.648. The number of allylic oxidation sites excluding steroid dienone is 1. The third-order valence-electron chi connectivity index (χ3n) is 5.83. The fourth-order valence-electron chi connectivity index (χ4n) is 4.21. The molecule has 0 spiro atoms. The van der Waals surface area contributed by atoms with Crippen molar-refractivity contribution in [1.29, 1.82) is 0 Å². The molecule has 2 aromatic rings. The van der Waals surface area contributed by atoms with Gasteiger partial charge in [-0.15, -0.1) is 0 Å². The summed E-state index contributed by atoms with van der Waals surface area (Å²) in [6.45, 7) is 2.07. The molecule has 0 aromatic heterocycles. The minimum Gasteiger partial charge on any atom is -0.493 e. The molecule has 0 saturated carbocycles. The molecule has 0 radical (unpaired) electrons. The molecule has 1 aliphatic heterocycles. The second kappa shape index (κ2) is 8.04. The number of ether oxygens (including phenoxy) is 1. The Morgan fingerprint density at radius 3 is 2.81 bits per heavy atom. The van der Waals surface area contributed by atoms with Gasteiger partial charge in [-0.2, -0.15) is 13.2 Å². The van der Waals surface area contributed by atoms with Gasteiger partial charge in [0.05, 0.1) is 17.8 Å². The molecular weight excluding hydrogens is 407 g/mol. The minimum absolute atomic E-state index is 0.138. The zero-order chi connectivity index (χ0) is 22.2. The number of alkyl halides is 3. The zero-order valence-corrected chi connectivity index (χ0v) is 17.2. The molecule has 1 amide bonds. The third-order valence-corrected chi connectivity index (χ3v) is 5.83. The van der Waals surface area contributed by atoms with Gasteiger partial charge >= 0.3 is 6.18 Å². The first-order chi connectivity index (χ1) is 14.6. The zero-order valence-electron chi connectivity index (χ0n) is 17.2. The molecular formula is C24H24F3NO3. The lowest BCUT2D eigenvalue weighted by Gasteiger charge is -2.31. The lowest BCUT2D eigenvalue weighted by atomic mass is 9.81. The van der Waals surface area contributed by atoms with Crippen LogP contribution in [-0.2, 0) is 23.8 Å². The first-order valence-corrected chi connectivity index (χ1v) is 10.3. The molecule has 31 heavy (non-hydrogen) atoms. The van der Waals surface area contributed by atoms with Crippen molar-refractivity contribution in [3.63, 3.8) is 0 Å². The fourth-order valence-corrected chi connectivity index (χ4v) is 4.21. The smallest absolute Gasteiger partial charge is 0.416 e. The maximum absolute atomic E-state index is 13.0. The van der Waals surface area contributed by atoms with E-state index in [0.29, 0.717) is 42.5 Å². The molecule has 2 N–H and O–H groups in total. The summed E-state index contributed by atoms with van der Waals surface area (Å²) < 4.78 is 44.7. The number of fused-ring (bicyclic) bond motifs is 2. The number of benzene rings is 2. The van der Waals surface area contributed by atoms with Gasteiger partial charge in [0.25, 0.3) is 0 Å². The van der Waals surface area contributed by atoms with Crippen molar-refractivity contribution < 1.29 is 27.8 Å². The molecule has 0 fully saturated rings. The highest BCUT2D eigenvalue weighted by molar-refractivity contribution is 6.04. The molecule has 4 nitrogen and oxygen atoms in total. The molecule has 2 aromatic carbocycles. The lowest BCUT2D eigenvalue weighted by Crippen LogP contribution is -2.32. The highest BCUT2D eigenvalue weighted by Crippen LogP contribution is 2.38. The van der Waals surface area contributed by atoms with Crippen LogP contribution in [0, 0.1) is 0 Å². The van der Waals surface area contributed by atoms with Crippen molar-refractivity contribution in [3.05, 3.63) is 64.7 Å². The van der Waals surface area contributed by atoms with E-state index < -0.39 is 17.3 Å². The number of rotatable bonds is 2. The van der Waals surface area contributed by atoms with E-state index in [1.54, 1.807) is 13.0 Å². The highest BCUT2D eigenvalue weighted by atomic mass is 19.4. The van der Waals surface area contributed by atoms with E-state index in [1.807, 2.05) is 12.1 Å². The van der Waals surface area contributed by atoms with E-state index >= 15 is 0 Å². The number of carbonyl (C=O) groups excluding carboxylic acids is 1. The second-order valence-corrected chi connectivity index (χ2v) is 8.44. The maximum atomic E-state index is 13.0. The summed E-state index contributed by atoms with van der Waals surface area (Å²) in [5, 5.41) is 13.3. The summed E-state index contributed by atoms with van der Waals surface area (Å²) in [5.74, 6) is -0.221. The van der Waals surface area contributed by atoms with Gasteiger partial charge in [-0.3, -0.25) is 4.79 Å². The standard InChI is InChI=1S/C24H24F3NO3/c1-23(30)10-9-15-4-2-6-20(19(15)14-23)28-22(29)12-16-5-3-11-31-21-13-17(24(25,26)27)7-8-18(16)21/h2,4,6-8,12-13,30H,3,5,9-11,14H2,1H3,(H,28,29)/b16-12+. The highest BCUT2D eigenvalue weighted by Gasteiger charge is 2.32. The predicted molar refractivity (Wildman–Crippen MR) is 112 cm³/mol. The average molecular weight is 431 g/mol. The molecule has 164 valence electrons. The summed E-state index contributed by atoms with van der Waals surface area (Å²) >= 11 is 0. The van der Waals surface area contributed by atoms with E-state index in [2.05, 4.69) is 5.32 Å². The van der Waals surface area contributed by atoms with Crippen LogP contribution >= 0.6 is 0 Å². The van der Waals surface area contributed by atoms with Crippen LogP contribution in [0.15, 0.2) is 42.5 Å². The summed E-state index contributed by atoms with van der Waals surface area (Å²) in [6.07, 6.45) is -0.0589. The molecule has 1 aliphatic carbocycles. The molecule has 4 rings (SSSR count).